The lowest BCUT2D eigenvalue weighted by Gasteiger charge is -2.03. The van der Waals surface area contributed by atoms with Crippen molar-refractivity contribution in [3.63, 3.8) is 0 Å². The summed E-state index contributed by atoms with van der Waals surface area (Å²) in [4.78, 5) is 3.12. The normalized spacial score (nSPS) is 12.9. The first-order valence-corrected chi connectivity index (χ1v) is 5.96. The molecule has 0 unspecified atom stereocenters. The number of rotatable bonds is 3. The minimum atomic E-state index is -3.69. The highest BCUT2D eigenvalue weighted by molar-refractivity contribution is 7.98. The smallest absolute Gasteiger partial charge is 0.238 e. The summed E-state index contributed by atoms with van der Waals surface area (Å²) < 4.78 is 22.6. The summed E-state index contributed by atoms with van der Waals surface area (Å²) in [6, 6.07) is 1.73. The maximum atomic E-state index is 11.3. The van der Waals surface area contributed by atoms with Crippen molar-refractivity contribution in [3.05, 3.63) is 35.7 Å². The molecule has 82 valence electrons. The molecule has 0 fully saturated rings. The number of nitrogens with two attached hydrogens (primary N) is 1. The van der Waals surface area contributed by atoms with Crippen LogP contribution in [-0.4, -0.2) is 13.4 Å². The van der Waals surface area contributed by atoms with Crippen molar-refractivity contribution in [3.8, 4) is 0 Å². The van der Waals surface area contributed by atoms with Crippen molar-refractivity contribution in [2.75, 3.05) is 0 Å². The van der Waals surface area contributed by atoms with Gasteiger partial charge in [0.2, 0.25) is 10.0 Å². The predicted molar refractivity (Wildman–Crippen MR) is 62.4 cm³/mol. The van der Waals surface area contributed by atoms with E-state index in [4.69, 9.17) is 5.14 Å². The Bertz CT molecular complexity index is 510. The van der Waals surface area contributed by atoms with E-state index < -0.39 is 10.0 Å². The van der Waals surface area contributed by atoms with Crippen LogP contribution in [0.15, 0.2) is 18.7 Å². The summed E-state index contributed by atoms with van der Waals surface area (Å²) in [7, 11) is -3.69. The van der Waals surface area contributed by atoms with E-state index >= 15 is 0 Å². The average molecular weight is 226 g/mol. The summed E-state index contributed by atoms with van der Waals surface area (Å²) in [5.74, 6) is 0. The third-order valence-electron chi connectivity index (χ3n) is 2.02. The van der Waals surface area contributed by atoms with Crippen LogP contribution in [0.2, 0.25) is 0 Å². The van der Waals surface area contributed by atoms with E-state index in [0.717, 1.165) is 5.69 Å². The molecule has 15 heavy (non-hydrogen) atoms. The zero-order valence-corrected chi connectivity index (χ0v) is 9.56. The van der Waals surface area contributed by atoms with Gasteiger partial charge < -0.3 is 4.98 Å². The second-order valence-corrected chi connectivity index (χ2v) is 4.71. The van der Waals surface area contributed by atoms with E-state index in [1.807, 2.05) is 6.92 Å². The van der Waals surface area contributed by atoms with Gasteiger partial charge in [-0.05, 0) is 26.0 Å². The van der Waals surface area contributed by atoms with Gasteiger partial charge in [-0.2, -0.15) is 0 Å². The molecule has 0 atom stereocenters. The second-order valence-electron chi connectivity index (χ2n) is 3.18. The summed E-state index contributed by atoms with van der Waals surface area (Å²) in [6.45, 7) is 7.08. The third-order valence-corrected chi connectivity index (χ3v) is 3.09. The fourth-order valence-corrected chi connectivity index (χ4v) is 2.25. The quantitative estimate of drug-likeness (QED) is 0.821. The molecule has 0 aliphatic carbocycles. The maximum Gasteiger partial charge on any atom is 0.238 e. The Labute approximate surface area is 89.6 Å². The minimum Gasteiger partial charge on any atom is -0.359 e. The molecule has 5 heteroatoms. The first kappa shape index (κ1) is 11.7. The number of aryl methyl sites for hydroxylation is 1. The van der Waals surface area contributed by atoms with Gasteiger partial charge in [-0.25, -0.2) is 13.6 Å². The van der Waals surface area contributed by atoms with Crippen LogP contribution in [0.25, 0.3) is 11.0 Å². The number of aromatic nitrogens is 1. The van der Waals surface area contributed by atoms with Crippen LogP contribution >= 0.6 is 0 Å². The standard InChI is InChI=1S/C10H14N2O2S/c1-4-9-8(6-7(3)12-9)10(5-2)15(11,13)14/h4-6,12H,1H2,2-3H3,(H2,11,13,14)/b10-5+. The van der Waals surface area contributed by atoms with Crippen molar-refractivity contribution in [2.24, 2.45) is 5.14 Å². The van der Waals surface area contributed by atoms with Gasteiger partial charge in [0, 0.05) is 17.0 Å². The zero-order valence-electron chi connectivity index (χ0n) is 8.74. The number of allylic oxidation sites excluding steroid dienone is 1. The number of sulfonamides is 1. The largest absolute Gasteiger partial charge is 0.359 e. The molecular weight excluding hydrogens is 212 g/mol. The van der Waals surface area contributed by atoms with Crippen molar-refractivity contribution in [1.29, 1.82) is 0 Å². The molecule has 1 aromatic rings. The van der Waals surface area contributed by atoms with Gasteiger partial charge in [0.05, 0.1) is 4.91 Å². The lowest BCUT2D eigenvalue weighted by atomic mass is 10.2. The lowest BCUT2D eigenvalue weighted by Crippen LogP contribution is -2.13. The van der Waals surface area contributed by atoms with Crippen molar-refractivity contribution < 1.29 is 8.42 Å². The first-order valence-electron chi connectivity index (χ1n) is 4.41. The molecular formula is C10H14N2O2S. The van der Waals surface area contributed by atoms with Gasteiger partial charge in [0.25, 0.3) is 0 Å². The van der Waals surface area contributed by atoms with Gasteiger partial charge in [0.15, 0.2) is 0 Å². The zero-order chi connectivity index (χ0) is 11.6. The van der Waals surface area contributed by atoms with Crippen LogP contribution in [-0.2, 0) is 10.0 Å². The number of H-pyrrole nitrogens is 1. The molecule has 3 N–H and O–H groups in total. The molecule has 0 aromatic carbocycles. The highest BCUT2D eigenvalue weighted by Crippen LogP contribution is 2.24. The molecule has 1 rings (SSSR count). The van der Waals surface area contributed by atoms with E-state index in [1.165, 1.54) is 6.08 Å². The Morgan fingerprint density at radius 1 is 1.60 bits per heavy atom. The van der Waals surface area contributed by atoms with Gasteiger partial charge in [0.1, 0.15) is 0 Å². The number of nitrogens with one attached hydrogen (secondary N) is 1. The first-order chi connectivity index (χ1) is 6.90. The number of aromatic amines is 1. The van der Waals surface area contributed by atoms with E-state index in [1.54, 1.807) is 19.1 Å². The second kappa shape index (κ2) is 4.04. The fraction of sp³-hybridized carbons (Fsp3) is 0.200. The SMILES string of the molecule is C=Cc1[nH]c(C)cc1/C(=C\C)S(N)(=O)=O. The topological polar surface area (TPSA) is 76.0 Å². The number of hydrogen-bond acceptors (Lipinski definition) is 2. The van der Waals surface area contributed by atoms with Crippen molar-refractivity contribution >= 4 is 21.0 Å². The molecule has 0 bridgehead atoms. The molecule has 0 spiro atoms. The molecule has 0 radical (unpaired) electrons. The monoisotopic (exact) mass is 226 g/mol. The van der Waals surface area contributed by atoms with Crippen LogP contribution < -0.4 is 5.14 Å². The number of primary sulfonamides is 1. The molecule has 0 saturated heterocycles. The molecule has 0 amide bonds. The van der Waals surface area contributed by atoms with Gasteiger partial charge in [-0.3, -0.25) is 0 Å². The molecule has 0 aliphatic heterocycles. The van der Waals surface area contributed by atoms with Crippen LogP contribution in [0.3, 0.4) is 0 Å². The van der Waals surface area contributed by atoms with Crippen LogP contribution in [0.1, 0.15) is 23.9 Å². The van der Waals surface area contributed by atoms with Crippen LogP contribution in [0.5, 0.6) is 0 Å². The van der Waals surface area contributed by atoms with E-state index in [9.17, 15) is 8.42 Å². The molecule has 1 heterocycles. The lowest BCUT2D eigenvalue weighted by molar-refractivity contribution is 0.607. The summed E-state index contributed by atoms with van der Waals surface area (Å²) in [5, 5.41) is 5.11. The maximum absolute atomic E-state index is 11.3. The third kappa shape index (κ3) is 2.37. The Morgan fingerprint density at radius 3 is 2.60 bits per heavy atom. The van der Waals surface area contributed by atoms with E-state index in [-0.39, 0.29) is 4.91 Å². The van der Waals surface area contributed by atoms with Gasteiger partial charge >= 0.3 is 0 Å². The Hall–Kier alpha value is -1.33. The predicted octanol–water partition coefficient (Wildman–Crippen LogP) is 1.62. The van der Waals surface area contributed by atoms with E-state index in [2.05, 4.69) is 11.6 Å². The highest BCUT2D eigenvalue weighted by Gasteiger charge is 2.17. The summed E-state index contributed by atoms with van der Waals surface area (Å²) in [5.41, 5.74) is 2.09. The van der Waals surface area contributed by atoms with Crippen molar-refractivity contribution in [2.45, 2.75) is 13.8 Å². The summed E-state index contributed by atoms with van der Waals surface area (Å²) in [6.07, 6.45) is 3.04. The average Bonchev–Trinajstić information content (AvgIpc) is 2.45. The molecule has 1 aromatic heterocycles. The minimum absolute atomic E-state index is 0.113. The molecule has 4 nitrogen and oxygen atoms in total. The Kier molecular flexibility index (Phi) is 3.16. The molecule has 0 aliphatic rings. The Balaban J connectivity index is 3.44. The number of hydrogen-bond donors (Lipinski definition) is 2. The van der Waals surface area contributed by atoms with Crippen LogP contribution in [0, 0.1) is 6.92 Å². The highest BCUT2D eigenvalue weighted by atomic mass is 32.2. The summed E-state index contributed by atoms with van der Waals surface area (Å²) >= 11 is 0. The van der Waals surface area contributed by atoms with Gasteiger partial charge in [-0.15, -0.1) is 0 Å². The van der Waals surface area contributed by atoms with Crippen LogP contribution in [0.4, 0.5) is 0 Å². The Morgan fingerprint density at radius 2 is 2.20 bits per heavy atom. The fourth-order valence-electron chi connectivity index (χ4n) is 1.45. The molecule has 0 saturated carbocycles. The van der Waals surface area contributed by atoms with Crippen molar-refractivity contribution in [1.82, 2.24) is 4.98 Å². The van der Waals surface area contributed by atoms with Gasteiger partial charge in [-0.1, -0.05) is 12.7 Å². The van der Waals surface area contributed by atoms with E-state index in [0.29, 0.717) is 11.3 Å².